The lowest BCUT2D eigenvalue weighted by Crippen LogP contribution is -2.21. The van der Waals surface area contributed by atoms with E-state index in [0.29, 0.717) is 5.65 Å². The normalized spacial score (nSPS) is 15.9. The number of thiophene rings is 1. The van der Waals surface area contributed by atoms with Gasteiger partial charge >= 0.3 is 5.97 Å². The predicted octanol–water partition coefficient (Wildman–Crippen LogP) is 3.36. The summed E-state index contributed by atoms with van der Waals surface area (Å²) in [6, 6.07) is 3.23. The van der Waals surface area contributed by atoms with Gasteiger partial charge in [0.25, 0.3) is 0 Å². The molecule has 4 heterocycles. The van der Waals surface area contributed by atoms with Gasteiger partial charge in [-0.25, -0.2) is 14.2 Å². The molecule has 1 aliphatic heterocycles. The van der Waals surface area contributed by atoms with Crippen molar-refractivity contribution >= 4 is 40.7 Å². The minimum Gasteiger partial charge on any atom is -0.477 e. The molecule has 2 aliphatic rings. The van der Waals surface area contributed by atoms with Gasteiger partial charge in [-0.05, 0) is 43.5 Å². The highest BCUT2D eigenvalue weighted by atomic mass is 35.5. The van der Waals surface area contributed by atoms with Crippen molar-refractivity contribution in [1.82, 2.24) is 14.9 Å². The Morgan fingerprint density at radius 1 is 1.36 bits per heavy atom. The van der Waals surface area contributed by atoms with Crippen LogP contribution in [0.4, 0.5) is 4.39 Å². The van der Waals surface area contributed by atoms with Crippen LogP contribution in [-0.2, 0) is 13.0 Å². The van der Waals surface area contributed by atoms with E-state index in [-0.39, 0.29) is 35.1 Å². The number of aromatic carboxylic acids is 1. The third kappa shape index (κ3) is 3.01. The molecule has 9 heteroatoms. The first-order valence-corrected chi connectivity index (χ1v) is 9.66. The van der Waals surface area contributed by atoms with Gasteiger partial charge in [0.1, 0.15) is 16.9 Å². The zero-order valence-electron chi connectivity index (χ0n) is 14.7. The summed E-state index contributed by atoms with van der Waals surface area (Å²) >= 11 is 1.51. The van der Waals surface area contributed by atoms with Gasteiger partial charge < -0.3 is 15.0 Å². The second kappa shape index (κ2) is 6.95. The van der Waals surface area contributed by atoms with Crippen LogP contribution in [0.1, 0.15) is 39.7 Å². The van der Waals surface area contributed by atoms with E-state index >= 15 is 0 Å². The van der Waals surface area contributed by atoms with Crippen molar-refractivity contribution in [2.45, 2.75) is 31.8 Å². The molecule has 1 fully saturated rings. The first-order valence-electron chi connectivity index (χ1n) is 8.84. The maximum Gasteiger partial charge on any atom is 0.341 e. The average Bonchev–Trinajstić information content (AvgIpc) is 3.39. The summed E-state index contributed by atoms with van der Waals surface area (Å²) in [6.07, 6.45) is 4.03. The first-order chi connectivity index (χ1) is 13.0. The number of nitrogens with zero attached hydrogens (tertiary/aromatic N) is 2. The molecule has 6 nitrogen and oxygen atoms in total. The number of halogens is 2. The van der Waals surface area contributed by atoms with Gasteiger partial charge in [-0.15, -0.1) is 23.7 Å². The van der Waals surface area contributed by atoms with E-state index < -0.39 is 17.2 Å². The minimum atomic E-state index is -1.31. The number of carboxylic acids is 1. The Bertz CT molecular complexity index is 1150. The maximum atomic E-state index is 14.9. The van der Waals surface area contributed by atoms with Crippen LogP contribution >= 0.6 is 23.7 Å². The topological polar surface area (TPSA) is 84.2 Å². The number of nitrogens with one attached hydrogen (secondary N) is 1. The monoisotopic (exact) mass is 421 g/mol. The number of rotatable bonds is 3. The molecule has 0 unspecified atom stereocenters. The molecular weight excluding hydrogens is 405 g/mol. The molecule has 0 spiro atoms. The molecule has 2 N–H and O–H groups in total. The number of hydrogen-bond donors (Lipinski definition) is 2. The van der Waals surface area contributed by atoms with Gasteiger partial charge in [-0.2, -0.15) is 0 Å². The molecule has 3 aromatic rings. The van der Waals surface area contributed by atoms with Gasteiger partial charge in [-0.1, -0.05) is 0 Å². The summed E-state index contributed by atoms with van der Waals surface area (Å²) in [6.45, 7) is 1.67. The molecule has 1 aliphatic carbocycles. The highest BCUT2D eigenvalue weighted by Gasteiger charge is 2.28. The Balaban J connectivity index is 0.00000192. The summed E-state index contributed by atoms with van der Waals surface area (Å²) in [7, 11) is 0. The molecule has 0 amide bonds. The molecule has 1 saturated carbocycles. The summed E-state index contributed by atoms with van der Waals surface area (Å²) in [5.41, 5.74) is 0.742. The lowest BCUT2D eigenvalue weighted by Gasteiger charge is -2.12. The Kier molecular flexibility index (Phi) is 4.73. The molecule has 0 aromatic carbocycles. The second-order valence-corrected chi connectivity index (χ2v) is 8.13. The van der Waals surface area contributed by atoms with Crippen LogP contribution in [0.15, 0.2) is 23.1 Å². The third-order valence-corrected chi connectivity index (χ3v) is 6.30. The van der Waals surface area contributed by atoms with Crippen LogP contribution in [0.5, 0.6) is 0 Å². The van der Waals surface area contributed by atoms with Crippen LogP contribution < -0.4 is 10.7 Å². The molecule has 0 atom stereocenters. The highest BCUT2D eigenvalue weighted by Crippen LogP contribution is 2.38. The fourth-order valence-corrected chi connectivity index (χ4v) is 4.75. The van der Waals surface area contributed by atoms with E-state index in [9.17, 15) is 19.1 Å². The van der Waals surface area contributed by atoms with Crippen LogP contribution in [0, 0.1) is 5.82 Å². The van der Waals surface area contributed by atoms with Crippen molar-refractivity contribution in [3.63, 3.8) is 0 Å². The summed E-state index contributed by atoms with van der Waals surface area (Å²) in [5.74, 6) is -1.91. The van der Waals surface area contributed by atoms with E-state index in [1.165, 1.54) is 28.0 Å². The van der Waals surface area contributed by atoms with Crippen LogP contribution in [0.2, 0.25) is 0 Å². The van der Waals surface area contributed by atoms with Crippen molar-refractivity contribution in [2.75, 3.05) is 6.54 Å². The zero-order chi connectivity index (χ0) is 18.7. The molecule has 0 radical (unpaired) electrons. The minimum absolute atomic E-state index is 0. The number of aromatic nitrogens is 2. The van der Waals surface area contributed by atoms with Gasteiger partial charge in [0.15, 0.2) is 5.82 Å². The van der Waals surface area contributed by atoms with Crippen molar-refractivity contribution in [3.05, 3.63) is 50.4 Å². The lowest BCUT2D eigenvalue weighted by molar-refractivity contribution is 0.0695. The van der Waals surface area contributed by atoms with Gasteiger partial charge in [0, 0.05) is 23.7 Å². The van der Waals surface area contributed by atoms with Crippen LogP contribution in [0.3, 0.4) is 0 Å². The Hall–Kier alpha value is -2.29. The molecule has 146 valence electrons. The van der Waals surface area contributed by atoms with E-state index in [4.69, 9.17) is 0 Å². The summed E-state index contributed by atoms with van der Waals surface area (Å²) in [4.78, 5) is 30.3. The van der Waals surface area contributed by atoms with E-state index in [2.05, 4.69) is 10.3 Å². The molecular formula is C19H17ClFN3O3S. The molecule has 3 aromatic heterocycles. The fraction of sp³-hybridized carbons (Fsp3) is 0.316. The summed E-state index contributed by atoms with van der Waals surface area (Å²) in [5, 5.41) is 12.6. The predicted molar refractivity (Wildman–Crippen MR) is 107 cm³/mol. The van der Waals surface area contributed by atoms with Crippen molar-refractivity contribution < 1.29 is 14.3 Å². The van der Waals surface area contributed by atoms with Crippen LogP contribution in [-0.4, -0.2) is 27.2 Å². The number of hydrogen-bond acceptors (Lipinski definition) is 5. The van der Waals surface area contributed by atoms with Crippen molar-refractivity contribution in [3.8, 4) is 10.6 Å². The van der Waals surface area contributed by atoms with Crippen molar-refractivity contribution in [2.24, 2.45) is 0 Å². The molecule has 5 rings (SSSR count). The van der Waals surface area contributed by atoms with Gasteiger partial charge in [0.05, 0.1) is 10.3 Å². The molecule has 0 bridgehead atoms. The van der Waals surface area contributed by atoms with Crippen LogP contribution in [0.25, 0.3) is 21.6 Å². The Morgan fingerprint density at radius 3 is 2.82 bits per heavy atom. The standard InChI is InChI=1S/C19H16FN3O3S.ClH/c20-13-6-11-17(24)12(19(25)26)8-23(10-1-2-10)18(11)22-16(13)14-5-9-3-4-21-7-15(9)27-14;/h5-6,8,10,21H,1-4,7H2,(H,25,26);1H. The average molecular weight is 422 g/mol. The second-order valence-electron chi connectivity index (χ2n) is 6.99. The largest absolute Gasteiger partial charge is 0.477 e. The number of fused-ring (bicyclic) bond motifs is 2. The number of pyridine rings is 2. The Morgan fingerprint density at radius 2 is 2.14 bits per heavy atom. The molecule has 28 heavy (non-hydrogen) atoms. The zero-order valence-corrected chi connectivity index (χ0v) is 16.3. The summed E-state index contributed by atoms with van der Waals surface area (Å²) < 4.78 is 16.6. The van der Waals surface area contributed by atoms with E-state index in [0.717, 1.165) is 43.3 Å². The molecule has 0 saturated heterocycles. The smallest absolute Gasteiger partial charge is 0.341 e. The number of carboxylic acid groups (broad SMARTS) is 1. The fourth-order valence-electron chi connectivity index (χ4n) is 3.57. The quantitative estimate of drug-likeness (QED) is 0.677. The number of carbonyl (C=O) groups is 1. The van der Waals surface area contributed by atoms with E-state index in [1.54, 1.807) is 4.57 Å². The first kappa shape index (κ1) is 19.0. The third-order valence-electron chi connectivity index (χ3n) is 5.12. The Labute approximate surface area is 169 Å². The van der Waals surface area contributed by atoms with E-state index in [1.807, 2.05) is 6.07 Å². The maximum absolute atomic E-state index is 14.9. The lowest BCUT2D eigenvalue weighted by atomic mass is 10.1. The van der Waals surface area contributed by atoms with Gasteiger partial charge in [-0.3, -0.25) is 4.79 Å². The van der Waals surface area contributed by atoms with Gasteiger partial charge in [0.2, 0.25) is 5.43 Å². The van der Waals surface area contributed by atoms with Crippen molar-refractivity contribution in [1.29, 1.82) is 0 Å². The highest BCUT2D eigenvalue weighted by molar-refractivity contribution is 7.15. The SMILES string of the molecule is Cl.O=C(O)c1cn(C2CC2)c2nc(-c3cc4c(s3)CNCC4)c(F)cc2c1=O.